The van der Waals surface area contributed by atoms with Crippen LogP contribution in [-0.2, 0) is 6.42 Å². The van der Waals surface area contributed by atoms with Gasteiger partial charge in [-0.15, -0.1) is 0 Å². The van der Waals surface area contributed by atoms with Crippen LogP contribution in [0.1, 0.15) is 61.4 Å². The van der Waals surface area contributed by atoms with Gasteiger partial charge in [0.1, 0.15) is 0 Å². The number of benzene rings is 1. The van der Waals surface area contributed by atoms with Gasteiger partial charge in [0.05, 0.1) is 0 Å². The lowest BCUT2D eigenvalue weighted by molar-refractivity contribution is 0.0729. The SMILES string of the molecule is CCCc1cccc(C(=O)C2(CN)CCCCC2)c1. The van der Waals surface area contributed by atoms with Crippen molar-refractivity contribution in [2.45, 2.75) is 51.9 Å². The van der Waals surface area contributed by atoms with Crippen LogP contribution in [0.2, 0.25) is 0 Å². The Morgan fingerprint density at radius 2 is 2.00 bits per heavy atom. The van der Waals surface area contributed by atoms with Crippen LogP contribution in [0.5, 0.6) is 0 Å². The van der Waals surface area contributed by atoms with Crippen LogP contribution in [-0.4, -0.2) is 12.3 Å². The van der Waals surface area contributed by atoms with E-state index in [0.717, 1.165) is 44.1 Å². The van der Waals surface area contributed by atoms with E-state index in [0.29, 0.717) is 6.54 Å². The highest BCUT2D eigenvalue weighted by atomic mass is 16.1. The first kappa shape index (κ1) is 14.3. The van der Waals surface area contributed by atoms with Crippen molar-refractivity contribution in [3.05, 3.63) is 35.4 Å². The van der Waals surface area contributed by atoms with E-state index >= 15 is 0 Å². The van der Waals surface area contributed by atoms with E-state index in [-0.39, 0.29) is 11.2 Å². The molecule has 2 heteroatoms. The zero-order valence-corrected chi connectivity index (χ0v) is 12.0. The molecule has 104 valence electrons. The third-order valence-electron chi connectivity index (χ3n) is 4.41. The van der Waals surface area contributed by atoms with Crippen molar-refractivity contribution in [1.29, 1.82) is 0 Å². The summed E-state index contributed by atoms with van der Waals surface area (Å²) in [5, 5.41) is 0. The predicted octanol–water partition coefficient (Wildman–Crippen LogP) is 3.73. The average molecular weight is 259 g/mol. The molecule has 0 bridgehead atoms. The monoisotopic (exact) mass is 259 g/mol. The van der Waals surface area contributed by atoms with Gasteiger partial charge in [0, 0.05) is 17.5 Å². The van der Waals surface area contributed by atoms with Gasteiger partial charge in [-0.1, -0.05) is 50.8 Å². The van der Waals surface area contributed by atoms with Gasteiger partial charge in [-0.25, -0.2) is 0 Å². The smallest absolute Gasteiger partial charge is 0.170 e. The summed E-state index contributed by atoms with van der Waals surface area (Å²) in [5.74, 6) is 0.271. The number of hydrogen-bond acceptors (Lipinski definition) is 2. The van der Waals surface area contributed by atoms with Gasteiger partial charge in [0.25, 0.3) is 0 Å². The number of ketones is 1. The molecule has 1 fully saturated rings. The average Bonchev–Trinajstić information content (AvgIpc) is 2.48. The molecular formula is C17H25NO. The maximum absolute atomic E-state index is 12.8. The number of nitrogens with two attached hydrogens (primary N) is 1. The van der Waals surface area contributed by atoms with E-state index in [1.807, 2.05) is 12.1 Å². The molecule has 19 heavy (non-hydrogen) atoms. The van der Waals surface area contributed by atoms with Crippen molar-refractivity contribution in [1.82, 2.24) is 0 Å². The molecule has 0 amide bonds. The first-order valence-corrected chi connectivity index (χ1v) is 7.56. The minimum absolute atomic E-state index is 0.271. The summed E-state index contributed by atoms with van der Waals surface area (Å²) in [6, 6.07) is 8.13. The maximum Gasteiger partial charge on any atom is 0.170 e. The summed E-state index contributed by atoms with van der Waals surface area (Å²) < 4.78 is 0. The number of Topliss-reactive ketones (excluding diaryl/α,β-unsaturated/α-hetero) is 1. The van der Waals surface area contributed by atoms with E-state index in [1.54, 1.807) is 0 Å². The zero-order chi connectivity index (χ0) is 13.7. The fraction of sp³-hybridized carbons (Fsp3) is 0.588. The maximum atomic E-state index is 12.8. The third-order valence-corrected chi connectivity index (χ3v) is 4.41. The molecule has 1 aliphatic rings. The van der Waals surface area contributed by atoms with Gasteiger partial charge in [-0.2, -0.15) is 0 Å². The molecule has 1 saturated carbocycles. The first-order chi connectivity index (χ1) is 9.22. The number of rotatable bonds is 5. The van der Waals surface area contributed by atoms with Crippen LogP contribution >= 0.6 is 0 Å². The minimum Gasteiger partial charge on any atom is -0.329 e. The zero-order valence-electron chi connectivity index (χ0n) is 12.0. The number of carbonyl (C=O) groups excluding carboxylic acids is 1. The molecule has 0 spiro atoms. The van der Waals surface area contributed by atoms with Gasteiger partial charge < -0.3 is 5.73 Å². The first-order valence-electron chi connectivity index (χ1n) is 7.56. The van der Waals surface area contributed by atoms with E-state index < -0.39 is 0 Å². The highest BCUT2D eigenvalue weighted by Crippen LogP contribution is 2.38. The molecular weight excluding hydrogens is 234 g/mol. The number of aryl methyl sites for hydroxylation is 1. The van der Waals surface area contributed by atoms with Crippen LogP contribution in [0.3, 0.4) is 0 Å². The Balaban J connectivity index is 2.24. The lowest BCUT2D eigenvalue weighted by Gasteiger charge is -2.34. The number of hydrogen-bond donors (Lipinski definition) is 1. The molecule has 0 aliphatic heterocycles. The minimum atomic E-state index is -0.289. The van der Waals surface area contributed by atoms with Crippen molar-refractivity contribution in [2.75, 3.05) is 6.54 Å². The molecule has 0 saturated heterocycles. The third kappa shape index (κ3) is 3.06. The van der Waals surface area contributed by atoms with Gasteiger partial charge in [0.15, 0.2) is 5.78 Å². The molecule has 0 atom stereocenters. The lowest BCUT2D eigenvalue weighted by Crippen LogP contribution is -2.40. The van der Waals surface area contributed by atoms with Gasteiger partial charge in [-0.05, 0) is 30.9 Å². The molecule has 0 radical (unpaired) electrons. The molecule has 0 aromatic heterocycles. The summed E-state index contributed by atoms with van der Waals surface area (Å²) in [7, 11) is 0. The Bertz CT molecular complexity index is 433. The normalized spacial score (nSPS) is 18.2. The molecule has 2 N–H and O–H groups in total. The molecule has 1 aromatic carbocycles. The number of carbonyl (C=O) groups is 1. The second-order valence-corrected chi connectivity index (χ2v) is 5.82. The fourth-order valence-corrected chi connectivity index (χ4v) is 3.22. The van der Waals surface area contributed by atoms with Crippen molar-refractivity contribution >= 4 is 5.78 Å². The Hall–Kier alpha value is -1.15. The Kier molecular flexibility index (Phi) is 4.76. The highest BCUT2D eigenvalue weighted by Gasteiger charge is 2.38. The largest absolute Gasteiger partial charge is 0.329 e. The summed E-state index contributed by atoms with van der Waals surface area (Å²) in [4.78, 5) is 12.8. The van der Waals surface area contributed by atoms with Crippen LogP contribution in [0.4, 0.5) is 0 Å². The molecule has 2 rings (SSSR count). The summed E-state index contributed by atoms with van der Waals surface area (Å²) in [6.07, 6.45) is 7.58. The quantitative estimate of drug-likeness (QED) is 0.819. The Labute approximate surface area is 116 Å². The van der Waals surface area contributed by atoms with Crippen LogP contribution in [0.15, 0.2) is 24.3 Å². The molecule has 1 aliphatic carbocycles. The highest BCUT2D eigenvalue weighted by molar-refractivity contribution is 6.00. The van der Waals surface area contributed by atoms with Crippen molar-refractivity contribution < 1.29 is 4.79 Å². The standard InChI is InChI=1S/C17H25NO/c1-2-7-14-8-6-9-15(12-14)16(19)17(13-18)10-4-3-5-11-17/h6,8-9,12H,2-5,7,10-11,13,18H2,1H3. The summed E-state index contributed by atoms with van der Waals surface area (Å²) in [6.45, 7) is 2.65. The van der Waals surface area contributed by atoms with Crippen molar-refractivity contribution in [3.8, 4) is 0 Å². The van der Waals surface area contributed by atoms with Crippen LogP contribution < -0.4 is 5.73 Å². The van der Waals surface area contributed by atoms with Crippen LogP contribution in [0.25, 0.3) is 0 Å². The molecule has 0 heterocycles. The van der Waals surface area contributed by atoms with E-state index in [9.17, 15) is 4.79 Å². The fourth-order valence-electron chi connectivity index (χ4n) is 3.22. The van der Waals surface area contributed by atoms with Gasteiger partial charge >= 0.3 is 0 Å². The van der Waals surface area contributed by atoms with E-state index in [2.05, 4.69) is 19.1 Å². The van der Waals surface area contributed by atoms with Crippen molar-refractivity contribution in [3.63, 3.8) is 0 Å². The van der Waals surface area contributed by atoms with Crippen molar-refractivity contribution in [2.24, 2.45) is 11.1 Å². The molecule has 0 unspecified atom stereocenters. The summed E-state index contributed by atoms with van der Waals surface area (Å²) in [5.41, 5.74) is 7.78. The topological polar surface area (TPSA) is 43.1 Å². The van der Waals surface area contributed by atoms with E-state index in [4.69, 9.17) is 5.73 Å². The summed E-state index contributed by atoms with van der Waals surface area (Å²) >= 11 is 0. The molecule has 2 nitrogen and oxygen atoms in total. The Morgan fingerprint density at radius 3 is 2.63 bits per heavy atom. The second kappa shape index (κ2) is 6.33. The van der Waals surface area contributed by atoms with E-state index in [1.165, 1.54) is 12.0 Å². The second-order valence-electron chi connectivity index (χ2n) is 5.82. The van der Waals surface area contributed by atoms with Gasteiger partial charge in [-0.3, -0.25) is 4.79 Å². The Morgan fingerprint density at radius 1 is 1.26 bits per heavy atom. The van der Waals surface area contributed by atoms with Gasteiger partial charge in [0.2, 0.25) is 0 Å². The van der Waals surface area contributed by atoms with Crippen LogP contribution in [0, 0.1) is 5.41 Å². The molecule has 1 aromatic rings. The lowest BCUT2D eigenvalue weighted by atomic mass is 9.69. The predicted molar refractivity (Wildman–Crippen MR) is 79.3 cm³/mol.